The highest BCUT2D eigenvalue weighted by Gasteiger charge is 2.30. The van der Waals surface area contributed by atoms with E-state index in [1.54, 1.807) is 24.3 Å². The zero-order valence-electron chi connectivity index (χ0n) is 14.8. The van der Waals surface area contributed by atoms with Crippen LogP contribution in [0.25, 0.3) is 0 Å². The first-order valence-electron chi connectivity index (χ1n) is 8.46. The van der Waals surface area contributed by atoms with Gasteiger partial charge in [-0.25, -0.2) is 8.42 Å². The zero-order valence-corrected chi connectivity index (χ0v) is 15.6. The molecule has 1 heterocycles. The van der Waals surface area contributed by atoms with E-state index in [4.69, 9.17) is 0 Å². The Kier molecular flexibility index (Phi) is 5.29. The van der Waals surface area contributed by atoms with Crippen molar-refractivity contribution in [3.63, 3.8) is 0 Å². The Labute approximate surface area is 157 Å². The van der Waals surface area contributed by atoms with Crippen molar-refractivity contribution in [3.05, 3.63) is 65.2 Å². The average molecular weight is 387 g/mol. The van der Waals surface area contributed by atoms with Crippen LogP contribution in [-0.2, 0) is 10.0 Å². The SMILES string of the molecule is Cc1ccc(S(=O)(=O)N2CCN(C(=O)c3cccc(C(=O)[O-])c3)CC2)cc1. The molecule has 0 bridgehead atoms. The van der Waals surface area contributed by atoms with E-state index in [1.807, 2.05) is 6.92 Å². The second kappa shape index (κ2) is 7.50. The minimum Gasteiger partial charge on any atom is -0.545 e. The van der Waals surface area contributed by atoms with Crippen molar-refractivity contribution in [1.82, 2.24) is 9.21 Å². The molecule has 0 aromatic heterocycles. The summed E-state index contributed by atoms with van der Waals surface area (Å²) in [7, 11) is -3.60. The van der Waals surface area contributed by atoms with Gasteiger partial charge in [0.05, 0.1) is 10.9 Å². The van der Waals surface area contributed by atoms with Gasteiger partial charge in [0.2, 0.25) is 10.0 Å². The third kappa shape index (κ3) is 4.01. The number of carboxylic acid groups (broad SMARTS) is 1. The van der Waals surface area contributed by atoms with Crippen molar-refractivity contribution in [1.29, 1.82) is 0 Å². The maximum Gasteiger partial charge on any atom is 0.253 e. The monoisotopic (exact) mass is 387 g/mol. The fraction of sp³-hybridized carbons (Fsp3) is 0.263. The van der Waals surface area contributed by atoms with E-state index in [0.717, 1.165) is 5.56 Å². The number of aryl methyl sites for hydroxylation is 1. The summed E-state index contributed by atoms with van der Waals surface area (Å²) in [6.45, 7) is 2.72. The average Bonchev–Trinajstić information content (AvgIpc) is 2.68. The summed E-state index contributed by atoms with van der Waals surface area (Å²) in [4.78, 5) is 25.3. The number of nitrogens with zero attached hydrogens (tertiary/aromatic N) is 2. The van der Waals surface area contributed by atoms with Crippen LogP contribution in [-0.4, -0.2) is 55.7 Å². The lowest BCUT2D eigenvalue weighted by Gasteiger charge is -2.34. The molecule has 8 heteroatoms. The van der Waals surface area contributed by atoms with Gasteiger partial charge in [0.15, 0.2) is 0 Å². The molecule has 2 aromatic carbocycles. The summed E-state index contributed by atoms with van der Waals surface area (Å²) in [6.07, 6.45) is 0. The number of amides is 1. The van der Waals surface area contributed by atoms with Crippen molar-refractivity contribution >= 4 is 21.9 Å². The van der Waals surface area contributed by atoms with Crippen LogP contribution in [0.4, 0.5) is 0 Å². The Bertz CT molecular complexity index is 962. The van der Waals surface area contributed by atoms with Crippen LogP contribution in [0.2, 0.25) is 0 Å². The Morgan fingerprint density at radius 1 is 0.926 bits per heavy atom. The van der Waals surface area contributed by atoms with Gasteiger partial charge in [-0.2, -0.15) is 4.31 Å². The molecule has 0 saturated carbocycles. The molecule has 142 valence electrons. The number of benzene rings is 2. The Balaban J connectivity index is 1.69. The van der Waals surface area contributed by atoms with E-state index in [9.17, 15) is 23.1 Å². The van der Waals surface area contributed by atoms with Gasteiger partial charge in [-0.15, -0.1) is 0 Å². The minimum absolute atomic E-state index is 0.0681. The molecule has 7 nitrogen and oxygen atoms in total. The second-order valence-corrected chi connectivity index (χ2v) is 8.32. The lowest BCUT2D eigenvalue weighted by atomic mass is 10.1. The maximum absolute atomic E-state index is 12.7. The summed E-state index contributed by atoms with van der Waals surface area (Å²) in [5.41, 5.74) is 1.15. The first kappa shape index (κ1) is 19.1. The van der Waals surface area contributed by atoms with Gasteiger partial charge >= 0.3 is 0 Å². The number of hydrogen-bond acceptors (Lipinski definition) is 5. The molecule has 1 fully saturated rings. The molecule has 1 amide bonds. The first-order chi connectivity index (χ1) is 12.8. The molecule has 1 saturated heterocycles. The summed E-state index contributed by atoms with van der Waals surface area (Å²) >= 11 is 0. The molecular formula is C19H19N2O5S-. The lowest BCUT2D eigenvalue weighted by Crippen LogP contribution is -2.50. The van der Waals surface area contributed by atoms with Gasteiger partial charge in [-0.1, -0.05) is 29.8 Å². The minimum atomic E-state index is -3.60. The molecule has 3 rings (SSSR count). The molecule has 0 radical (unpaired) electrons. The number of hydrogen-bond donors (Lipinski definition) is 0. The predicted octanol–water partition coefficient (Wildman–Crippen LogP) is 0.505. The Hall–Kier alpha value is -2.71. The largest absolute Gasteiger partial charge is 0.545 e. The van der Waals surface area contributed by atoms with Crippen LogP contribution in [0, 0.1) is 6.92 Å². The van der Waals surface area contributed by atoms with Crippen LogP contribution in [0.5, 0.6) is 0 Å². The highest BCUT2D eigenvalue weighted by molar-refractivity contribution is 7.89. The standard InChI is InChI=1S/C19H20N2O5S/c1-14-5-7-17(8-6-14)27(25,26)21-11-9-20(10-12-21)18(22)15-3-2-4-16(13-15)19(23)24/h2-8,13H,9-12H2,1H3,(H,23,24)/p-1. The van der Waals surface area contributed by atoms with E-state index in [2.05, 4.69) is 0 Å². The van der Waals surface area contributed by atoms with Crippen molar-refractivity contribution in [2.75, 3.05) is 26.2 Å². The first-order valence-corrected chi connectivity index (χ1v) is 9.90. The molecular weight excluding hydrogens is 368 g/mol. The Morgan fingerprint density at radius 3 is 2.11 bits per heavy atom. The van der Waals surface area contributed by atoms with Gasteiger partial charge < -0.3 is 14.8 Å². The van der Waals surface area contributed by atoms with Crippen LogP contribution < -0.4 is 5.11 Å². The zero-order chi connectivity index (χ0) is 19.6. The predicted molar refractivity (Wildman–Crippen MR) is 96.6 cm³/mol. The molecule has 27 heavy (non-hydrogen) atoms. The third-order valence-electron chi connectivity index (χ3n) is 4.53. The van der Waals surface area contributed by atoms with E-state index >= 15 is 0 Å². The fourth-order valence-electron chi connectivity index (χ4n) is 2.95. The number of carboxylic acids is 1. The second-order valence-electron chi connectivity index (χ2n) is 6.38. The molecule has 0 spiro atoms. The molecule has 1 aliphatic rings. The smallest absolute Gasteiger partial charge is 0.253 e. The van der Waals surface area contributed by atoms with Crippen molar-refractivity contribution in [3.8, 4) is 0 Å². The molecule has 1 aliphatic heterocycles. The van der Waals surface area contributed by atoms with E-state index in [1.165, 1.54) is 33.5 Å². The Morgan fingerprint density at radius 2 is 1.52 bits per heavy atom. The van der Waals surface area contributed by atoms with E-state index in [0.29, 0.717) is 0 Å². The maximum atomic E-state index is 12.7. The number of aromatic carboxylic acids is 1. The summed E-state index contributed by atoms with van der Waals surface area (Å²) < 4.78 is 26.8. The topological polar surface area (TPSA) is 97.8 Å². The summed E-state index contributed by atoms with van der Waals surface area (Å²) in [6, 6.07) is 12.3. The number of carbonyl (C=O) groups is 2. The highest BCUT2D eigenvalue weighted by Crippen LogP contribution is 2.19. The fourth-order valence-corrected chi connectivity index (χ4v) is 4.37. The lowest BCUT2D eigenvalue weighted by molar-refractivity contribution is -0.255. The van der Waals surface area contributed by atoms with Gasteiger partial charge in [0.1, 0.15) is 0 Å². The highest BCUT2D eigenvalue weighted by atomic mass is 32.2. The van der Waals surface area contributed by atoms with E-state index in [-0.39, 0.29) is 48.1 Å². The van der Waals surface area contributed by atoms with Crippen LogP contribution >= 0.6 is 0 Å². The van der Waals surface area contributed by atoms with Crippen LogP contribution in [0.3, 0.4) is 0 Å². The van der Waals surface area contributed by atoms with Crippen molar-refractivity contribution in [2.45, 2.75) is 11.8 Å². The van der Waals surface area contributed by atoms with Gasteiger partial charge in [0, 0.05) is 31.7 Å². The molecule has 0 aliphatic carbocycles. The molecule has 0 N–H and O–H groups in total. The summed E-state index contributed by atoms with van der Waals surface area (Å²) in [5.74, 6) is -1.68. The van der Waals surface area contributed by atoms with Gasteiger partial charge in [0.25, 0.3) is 5.91 Å². The van der Waals surface area contributed by atoms with Gasteiger partial charge in [-0.3, -0.25) is 4.79 Å². The van der Waals surface area contributed by atoms with Crippen LogP contribution in [0.15, 0.2) is 53.4 Å². The number of piperazine rings is 1. The number of sulfonamides is 1. The quantitative estimate of drug-likeness (QED) is 0.761. The van der Waals surface area contributed by atoms with Crippen LogP contribution in [0.1, 0.15) is 26.3 Å². The number of carbonyl (C=O) groups excluding carboxylic acids is 2. The van der Waals surface area contributed by atoms with Crippen molar-refractivity contribution < 1.29 is 23.1 Å². The van der Waals surface area contributed by atoms with E-state index < -0.39 is 16.0 Å². The molecule has 0 atom stereocenters. The third-order valence-corrected chi connectivity index (χ3v) is 6.44. The van der Waals surface area contributed by atoms with Gasteiger partial charge in [-0.05, 0) is 36.8 Å². The summed E-state index contributed by atoms with van der Waals surface area (Å²) in [5, 5.41) is 11.0. The number of rotatable bonds is 4. The molecule has 0 unspecified atom stereocenters. The molecule has 2 aromatic rings. The normalized spacial score (nSPS) is 15.5. The van der Waals surface area contributed by atoms with Crippen molar-refractivity contribution in [2.24, 2.45) is 0 Å².